The summed E-state index contributed by atoms with van der Waals surface area (Å²) in [6.07, 6.45) is 5.72. The second kappa shape index (κ2) is 5.54. The summed E-state index contributed by atoms with van der Waals surface area (Å²) >= 11 is 2.44. The normalized spacial score (nSPS) is 26.7. The van der Waals surface area contributed by atoms with E-state index in [0.29, 0.717) is 15.9 Å². The fraction of sp³-hybridized carbons (Fsp3) is 0.462. The first-order valence-electron chi connectivity index (χ1n) is 6.36. The number of aromatic nitrogens is 4. The standard InChI is InChI=1S/C13H15IN4O/c14-10-5-9(8-19)6-13(10)18-7-12(16-17-18)11-3-1-2-4-15-11/h1-4,7,9-10,13,19H,5-6,8H2/t9-,10-,13-/m0/s1. The van der Waals surface area contributed by atoms with Crippen LogP contribution in [0.25, 0.3) is 11.4 Å². The third kappa shape index (κ3) is 2.64. The SMILES string of the molecule is OC[C@H]1C[C@H](I)[C@@H](n2cc(-c3ccccn3)nn2)C1. The van der Waals surface area contributed by atoms with Gasteiger partial charge in [-0.15, -0.1) is 5.10 Å². The maximum atomic E-state index is 9.27. The molecule has 2 heterocycles. The predicted molar refractivity (Wildman–Crippen MR) is 79.9 cm³/mol. The molecule has 3 atom stereocenters. The van der Waals surface area contributed by atoms with E-state index in [2.05, 4.69) is 37.9 Å². The van der Waals surface area contributed by atoms with Crippen molar-refractivity contribution >= 4 is 22.6 Å². The van der Waals surface area contributed by atoms with Crippen LogP contribution in [0.4, 0.5) is 0 Å². The maximum absolute atomic E-state index is 9.27. The Morgan fingerprint density at radius 3 is 2.89 bits per heavy atom. The number of nitrogens with zero attached hydrogens (tertiary/aromatic N) is 4. The van der Waals surface area contributed by atoms with Gasteiger partial charge in [0, 0.05) is 16.7 Å². The van der Waals surface area contributed by atoms with Crippen molar-refractivity contribution < 1.29 is 5.11 Å². The minimum absolute atomic E-state index is 0.262. The molecule has 0 unspecified atom stereocenters. The average molecular weight is 370 g/mol. The van der Waals surface area contributed by atoms with Crippen molar-refractivity contribution in [3.8, 4) is 11.4 Å². The number of halogens is 1. The quantitative estimate of drug-likeness (QED) is 0.664. The van der Waals surface area contributed by atoms with Crippen LogP contribution in [-0.4, -0.2) is 35.6 Å². The third-order valence-corrected chi connectivity index (χ3v) is 4.93. The van der Waals surface area contributed by atoms with Crippen LogP contribution in [0.3, 0.4) is 0 Å². The van der Waals surface area contributed by atoms with Crippen LogP contribution in [0, 0.1) is 5.92 Å². The summed E-state index contributed by atoms with van der Waals surface area (Å²) in [4.78, 5) is 4.28. The molecule has 5 nitrogen and oxygen atoms in total. The molecule has 2 aromatic heterocycles. The first-order chi connectivity index (χ1) is 9.28. The van der Waals surface area contributed by atoms with E-state index in [1.807, 2.05) is 29.1 Å². The molecule has 1 saturated carbocycles. The molecule has 0 bridgehead atoms. The number of aliphatic hydroxyl groups is 1. The number of aliphatic hydroxyl groups excluding tert-OH is 1. The minimum Gasteiger partial charge on any atom is -0.396 e. The lowest BCUT2D eigenvalue weighted by Crippen LogP contribution is -2.14. The van der Waals surface area contributed by atoms with Crippen LogP contribution in [-0.2, 0) is 0 Å². The predicted octanol–water partition coefficient (Wildman–Crippen LogP) is 2.09. The van der Waals surface area contributed by atoms with E-state index in [9.17, 15) is 5.11 Å². The maximum Gasteiger partial charge on any atom is 0.131 e. The van der Waals surface area contributed by atoms with Gasteiger partial charge in [0.2, 0.25) is 0 Å². The van der Waals surface area contributed by atoms with Gasteiger partial charge in [-0.2, -0.15) is 0 Å². The van der Waals surface area contributed by atoms with Crippen molar-refractivity contribution in [2.24, 2.45) is 5.92 Å². The summed E-state index contributed by atoms with van der Waals surface area (Å²) in [6, 6.07) is 6.08. The van der Waals surface area contributed by atoms with E-state index in [4.69, 9.17) is 0 Å². The largest absolute Gasteiger partial charge is 0.396 e. The summed E-state index contributed by atoms with van der Waals surface area (Å²) in [6.45, 7) is 0.262. The molecule has 3 rings (SSSR count). The summed E-state index contributed by atoms with van der Waals surface area (Å²) in [5.41, 5.74) is 1.65. The lowest BCUT2D eigenvalue weighted by atomic mass is 10.1. The second-order valence-electron chi connectivity index (χ2n) is 4.90. The average Bonchev–Trinajstić information content (AvgIpc) is 3.06. The fourth-order valence-corrected chi connectivity index (χ4v) is 3.90. The monoisotopic (exact) mass is 370 g/mol. The Hall–Kier alpha value is -1.02. The van der Waals surface area contributed by atoms with Gasteiger partial charge in [-0.1, -0.05) is 33.9 Å². The Morgan fingerprint density at radius 1 is 1.32 bits per heavy atom. The van der Waals surface area contributed by atoms with Gasteiger partial charge in [-0.3, -0.25) is 4.98 Å². The Bertz CT molecular complexity index is 545. The van der Waals surface area contributed by atoms with Crippen molar-refractivity contribution in [3.63, 3.8) is 0 Å². The van der Waals surface area contributed by atoms with Gasteiger partial charge in [-0.25, -0.2) is 4.68 Å². The van der Waals surface area contributed by atoms with Crippen LogP contribution < -0.4 is 0 Å². The zero-order valence-corrected chi connectivity index (χ0v) is 12.5. The molecule has 2 aromatic rings. The van der Waals surface area contributed by atoms with Crippen LogP contribution in [0.1, 0.15) is 18.9 Å². The summed E-state index contributed by atoms with van der Waals surface area (Å²) in [5, 5.41) is 17.7. The van der Waals surface area contributed by atoms with E-state index in [1.165, 1.54) is 0 Å². The van der Waals surface area contributed by atoms with E-state index in [-0.39, 0.29) is 6.61 Å². The number of hydrogen-bond donors (Lipinski definition) is 1. The van der Waals surface area contributed by atoms with Gasteiger partial charge in [0.1, 0.15) is 5.69 Å². The van der Waals surface area contributed by atoms with Crippen molar-refractivity contribution in [2.75, 3.05) is 6.61 Å². The second-order valence-corrected chi connectivity index (χ2v) is 6.50. The van der Waals surface area contributed by atoms with Crippen LogP contribution >= 0.6 is 22.6 Å². The highest BCUT2D eigenvalue weighted by molar-refractivity contribution is 14.1. The molecule has 0 amide bonds. The number of pyridine rings is 1. The van der Waals surface area contributed by atoms with Crippen molar-refractivity contribution in [1.82, 2.24) is 20.0 Å². The Kier molecular flexibility index (Phi) is 3.79. The summed E-state index contributed by atoms with van der Waals surface area (Å²) < 4.78 is 2.42. The molecule has 6 heteroatoms. The highest BCUT2D eigenvalue weighted by Crippen LogP contribution is 2.39. The zero-order valence-electron chi connectivity index (χ0n) is 10.4. The first-order valence-corrected chi connectivity index (χ1v) is 7.60. The highest BCUT2D eigenvalue weighted by atomic mass is 127. The lowest BCUT2D eigenvalue weighted by molar-refractivity contribution is 0.225. The van der Waals surface area contributed by atoms with Gasteiger partial charge in [0.15, 0.2) is 0 Å². The Morgan fingerprint density at radius 2 is 2.21 bits per heavy atom. The Labute approximate surface area is 125 Å². The lowest BCUT2D eigenvalue weighted by Gasteiger charge is -2.13. The molecule has 1 N–H and O–H groups in total. The van der Waals surface area contributed by atoms with Crippen LogP contribution in [0.5, 0.6) is 0 Å². The molecule has 0 spiro atoms. The zero-order chi connectivity index (χ0) is 13.2. The molecule has 100 valence electrons. The summed E-state index contributed by atoms with van der Waals surface area (Å²) in [5.74, 6) is 0.384. The molecule has 0 radical (unpaired) electrons. The molecule has 1 fully saturated rings. The molecular weight excluding hydrogens is 355 g/mol. The minimum atomic E-state index is 0.262. The topological polar surface area (TPSA) is 63.8 Å². The highest BCUT2D eigenvalue weighted by Gasteiger charge is 2.34. The molecule has 0 aliphatic heterocycles. The van der Waals surface area contributed by atoms with E-state index in [1.54, 1.807) is 6.20 Å². The number of alkyl halides is 1. The van der Waals surface area contributed by atoms with Gasteiger partial charge < -0.3 is 5.11 Å². The third-order valence-electron chi connectivity index (χ3n) is 3.59. The van der Waals surface area contributed by atoms with Gasteiger partial charge in [0.05, 0.1) is 17.9 Å². The fourth-order valence-electron chi connectivity index (χ4n) is 2.55. The van der Waals surface area contributed by atoms with Crippen molar-refractivity contribution in [1.29, 1.82) is 0 Å². The Balaban J connectivity index is 1.82. The van der Waals surface area contributed by atoms with Crippen LogP contribution in [0.2, 0.25) is 0 Å². The van der Waals surface area contributed by atoms with Crippen molar-refractivity contribution in [2.45, 2.75) is 22.8 Å². The number of hydrogen-bond acceptors (Lipinski definition) is 4. The van der Waals surface area contributed by atoms with E-state index >= 15 is 0 Å². The van der Waals surface area contributed by atoms with Gasteiger partial charge in [0.25, 0.3) is 0 Å². The first kappa shape index (κ1) is 13.0. The van der Waals surface area contributed by atoms with Gasteiger partial charge >= 0.3 is 0 Å². The van der Waals surface area contributed by atoms with E-state index in [0.717, 1.165) is 24.2 Å². The molecule has 0 saturated heterocycles. The van der Waals surface area contributed by atoms with Crippen molar-refractivity contribution in [3.05, 3.63) is 30.6 Å². The van der Waals surface area contributed by atoms with Gasteiger partial charge in [-0.05, 0) is 30.9 Å². The molecule has 19 heavy (non-hydrogen) atoms. The smallest absolute Gasteiger partial charge is 0.131 e. The summed E-state index contributed by atoms with van der Waals surface area (Å²) in [7, 11) is 0. The molecule has 1 aliphatic rings. The number of rotatable bonds is 3. The van der Waals surface area contributed by atoms with E-state index < -0.39 is 0 Å². The molecule has 0 aromatic carbocycles. The molecular formula is C13H15IN4O. The van der Waals surface area contributed by atoms with Crippen LogP contribution in [0.15, 0.2) is 30.6 Å². The molecule has 1 aliphatic carbocycles.